The zero-order valence-electron chi connectivity index (χ0n) is 12.2. The minimum absolute atomic E-state index is 0.0247. The summed E-state index contributed by atoms with van der Waals surface area (Å²) in [7, 11) is 1.76. The average Bonchev–Trinajstić information content (AvgIpc) is 2.93. The topological polar surface area (TPSA) is 75.4 Å². The fourth-order valence-electron chi connectivity index (χ4n) is 2.52. The van der Waals surface area contributed by atoms with Crippen molar-refractivity contribution in [3.05, 3.63) is 17.0 Å². The molecular formula is C14H21N3O3. The zero-order chi connectivity index (χ0) is 14.7. The van der Waals surface area contributed by atoms with Crippen LogP contribution in [0.15, 0.2) is 4.52 Å². The van der Waals surface area contributed by atoms with Crippen molar-refractivity contribution in [2.24, 2.45) is 0 Å². The molecule has 6 nitrogen and oxygen atoms in total. The van der Waals surface area contributed by atoms with Gasteiger partial charge in [0, 0.05) is 38.0 Å². The Morgan fingerprint density at radius 1 is 1.55 bits per heavy atom. The maximum atomic E-state index is 12.0. The van der Waals surface area contributed by atoms with Crippen LogP contribution in [0.2, 0.25) is 0 Å². The van der Waals surface area contributed by atoms with Gasteiger partial charge in [0.05, 0.1) is 5.69 Å². The third-order valence-electron chi connectivity index (χ3n) is 3.92. The van der Waals surface area contributed by atoms with Gasteiger partial charge in [-0.05, 0) is 19.8 Å². The molecule has 0 saturated carbocycles. The number of hydrogen-bond donors (Lipinski definition) is 1. The molecule has 20 heavy (non-hydrogen) atoms. The first-order valence-electron chi connectivity index (χ1n) is 6.99. The average molecular weight is 279 g/mol. The molecule has 0 aliphatic carbocycles. The lowest BCUT2D eigenvalue weighted by molar-refractivity contribution is -0.128. The number of hydrogen-bond acceptors (Lipinski definition) is 4. The van der Waals surface area contributed by atoms with Crippen molar-refractivity contribution < 1.29 is 14.1 Å². The van der Waals surface area contributed by atoms with Crippen molar-refractivity contribution >= 4 is 11.8 Å². The highest BCUT2D eigenvalue weighted by atomic mass is 16.5. The van der Waals surface area contributed by atoms with Gasteiger partial charge in [-0.3, -0.25) is 9.59 Å². The number of aryl methyl sites for hydroxylation is 2. The number of nitrogens with zero attached hydrogens (tertiary/aromatic N) is 2. The molecule has 1 N–H and O–H groups in total. The molecule has 0 radical (unpaired) electrons. The molecule has 1 aliphatic heterocycles. The van der Waals surface area contributed by atoms with Crippen LogP contribution in [0.3, 0.4) is 0 Å². The molecule has 110 valence electrons. The van der Waals surface area contributed by atoms with E-state index in [1.165, 1.54) is 0 Å². The standard InChI is InChI=1S/C14H21N3O3/c1-4-12-11(9(2)20-16-12)8-15-13(18)7-10-5-6-14(19)17(10)3/h10H,4-8H2,1-3H3,(H,15,18). The zero-order valence-corrected chi connectivity index (χ0v) is 12.2. The number of carbonyl (C=O) groups excluding carboxylic acids is 2. The van der Waals surface area contributed by atoms with Gasteiger partial charge < -0.3 is 14.7 Å². The Hall–Kier alpha value is -1.85. The fraction of sp³-hybridized carbons (Fsp3) is 0.643. The Balaban J connectivity index is 1.86. The first kappa shape index (κ1) is 14.6. The second-order valence-corrected chi connectivity index (χ2v) is 5.20. The Bertz CT molecular complexity index is 510. The minimum Gasteiger partial charge on any atom is -0.361 e. The molecular weight excluding hydrogens is 258 g/mol. The van der Waals surface area contributed by atoms with Crippen LogP contribution in [0.25, 0.3) is 0 Å². The number of likely N-dealkylation sites (tertiary alicyclic amines) is 1. The molecule has 0 aromatic carbocycles. The highest BCUT2D eigenvalue weighted by Gasteiger charge is 2.29. The lowest BCUT2D eigenvalue weighted by Crippen LogP contribution is -2.34. The highest BCUT2D eigenvalue weighted by molar-refractivity contribution is 5.81. The van der Waals surface area contributed by atoms with Crippen molar-refractivity contribution in [2.45, 2.75) is 52.1 Å². The summed E-state index contributed by atoms with van der Waals surface area (Å²) in [5.41, 5.74) is 1.84. The summed E-state index contributed by atoms with van der Waals surface area (Å²) < 4.78 is 5.13. The third kappa shape index (κ3) is 3.00. The summed E-state index contributed by atoms with van der Waals surface area (Å²) in [5, 5.41) is 6.84. The predicted molar refractivity (Wildman–Crippen MR) is 72.9 cm³/mol. The normalized spacial score (nSPS) is 18.6. The fourth-order valence-corrected chi connectivity index (χ4v) is 2.52. The van der Waals surface area contributed by atoms with Crippen LogP contribution in [0.5, 0.6) is 0 Å². The van der Waals surface area contributed by atoms with Gasteiger partial charge in [-0.2, -0.15) is 0 Å². The molecule has 2 amide bonds. The maximum absolute atomic E-state index is 12.0. The summed E-state index contributed by atoms with van der Waals surface area (Å²) in [5.74, 6) is 0.820. The lowest BCUT2D eigenvalue weighted by atomic mass is 10.1. The number of rotatable bonds is 5. The van der Waals surface area contributed by atoms with E-state index in [0.717, 1.165) is 29.9 Å². The molecule has 6 heteroatoms. The monoisotopic (exact) mass is 279 g/mol. The summed E-state index contributed by atoms with van der Waals surface area (Å²) in [6.45, 7) is 4.28. The molecule has 1 aromatic rings. The number of nitrogens with one attached hydrogen (secondary N) is 1. The first-order chi connectivity index (χ1) is 9.52. The van der Waals surface area contributed by atoms with Crippen molar-refractivity contribution in [2.75, 3.05) is 7.05 Å². The van der Waals surface area contributed by atoms with Crippen molar-refractivity contribution in [1.29, 1.82) is 0 Å². The van der Waals surface area contributed by atoms with Gasteiger partial charge >= 0.3 is 0 Å². The van der Waals surface area contributed by atoms with Crippen LogP contribution in [0, 0.1) is 6.92 Å². The Kier molecular flexibility index (Phi) is 4.42. The van der Waals surface area contributed by atoms with Gasteiger partial charge in [0.25, 0.3) is 0 Å². The van der Waals surface area contributed by atoms with Gasteiger partial charge in [0.1, 0.15) is 5.76 Å². The van der Waals surface area contributed by atoms with E-state index in [1.54, 1.807) is 11.9 Å². The Labute approximate surface area is 118 Å². The summed E-state index contributed by atoms with van der Waals surface area (Å²) in [6, 6.07) is 0.0247. The van der Waals surface area contributed by atoms with Gasteiger partial charge in [-0.15, -0.1) is 0 Å². The number of carbonyl (C=O) groups is 2. The molecule has 1 aromatic heterocycles. The van der Waals surface area contributed by atoms with Gasteiger partial charge in [0.2, 0.25) is 11.8 Å². The molecule has 0 bridgehead atoms. The number of amides is 2. The van der Waals surface area contributed by atoms with Gasteiger partial charge in [-0.25, -0.2) is 0 Å². The van der Waals surface area contributed by atoms with E-state index in [0.29, 0.717) is 19.4 Å². The summed E-state index contributed by atoms with van der Waals surface area (Å²) in [4.78, 5) is 25.0. The van der Waals surface area contributed by atoms with Gasteiger partial charge in [0.15, 0.2) is 0 Å². The van der Waals surface area contributed by atoms with Crippen LogP contribution < -0.4 is 5.32 Å². The SMILES string of the molecule is CCc1noc(C)c1CNC(=O)CC1CCC(=O)N1C. The Morgan fingerprint density at radius 2 is 2.30 bits per heavy atom. The van der Waals surface area contributed by atoms with Crippen molar-refractivity contribution in [1.82, 2.24) is 15.4 Å². The predicted octanol–water partition coefficient (Wildman–Crippen LogP) is 1.17. The lowest BCUT2D eigenvalue weighted by Gasteiger charge is -2.19. The second kappa shape index (κ2) is 6.07. The van der Waals surface area contributed by atoms with Crippen LogP contribution in [0.4, 0.5) is 0 Å². The molecule has 2 heterocycles. The van der Waals surface area contributed by atoms with E-state index in [1.807, 2.05) is 13.8 Å². The largest absolute Gasteiger partial charge is 0.361 e. The quantitative estimate of drug-likeness (QED) is 0.878. The van der Waals surface area contributed by atoms with Crippen LogP contribution in [-0.4, -0.2) is 35.0 Å². The van der Waals surface area contributed by atoms with E-state index in [-0.39, 0.29) is 17.9 Å². The van der Waals surface area contributed by atoms with Crippen LogP contribution in [0.1, 0.15) is 43.2 Å². The molecule has 2 rings (SSSR count). The first-order valence-corrected chi connectivity index (χ1v) is 6.99. The van der Waals surface area contributed by atoms with E-state index in [9.17, 15) is 9.59 Å². The smallest absolute Gasteiger partial charge is 0.222 e. The van der Waals surface area contributed by atoms with Crippen LogP contribution in [-0.2, 0) is 22.6 Å². The van der Waals surface area contributed by atoms with Gasteiger partial charge in [-0.1, -0.05) is 12.1 Å². The third-order valence-corrected chi connectivity index (χ3v) is 3.92. The van der Waals surface area contributed by atoms with E-state index >= 15 is 0 Å². The van der Waals surface area contributed by atoms with Crippen molar-refractivity contribution in [3.8, 4) is 0 Å². The summed E-state index contributed by atoms with van der Waals surface area (Å²) in [6.07, 6.45) is 2.44. The van der Waals surface area contributed by atoms with E-state index in [4.69, 9.17) is 4.52 Å². The molecule has 1 saturated heterocycles. The van der Waals surface area contributed by atoms with E-state index in [2.05, 4.69) is 10.5 Å². The maximum Gasteiger partial charge on any atom is 0.222 e. The Morgan fingerprint density at radius 3 is 2.90 bits per heavy atom. The molecule has 1 unspecified atom stereocenters. The molecule has 0 spiro atoms. The molecule has 1 atom stereocenters. The second-order valence-electron chi connectivity index (χ2n) is 5.20. The van der Waals surface area contributed by atoms with E-state index < -0.39 is 0 Å². The minimum atomic E-state index is -0.0424. The number of aromatic nitrogens is 1. The highest BCUT2D eigenvalue weighted by Crippen LogP contribution is 2.19. The molecule has 1 aliphatic rings. The summed E-state index contributed by atoms with van der Waals surface area (Å²) >= 11 is 0. The molecule has 1 fully saturated rings. The van der Waals surface area contributed by atoms with Crippen LogP contribution >= 0.6 is 0 Å². The van der Waals surface area contributed by atoms with Crippen molar-refractivity contribution in [3.63, 3.8) is 0 Å².